The summed E-state index contributed by atoms with van der Waals surface area (Å²) >= 11 is 0. The van der Waals surface area contributed by atoms with Gasteiger partial charge in [-0.2, -0.15) is 5.10 Å². The molecular weight excluding hydrogens is 448 g/mol. The van der Waals surface area contributed by atoms with Crippen LogP contribution in [0.2, 0.25) is 0 Å². The summed E-state index contributed by atoms with van der Waals surface area (Å²) in [5.41, 5.74) is 5.26. The molecule has 8 nitrogen and oxygen atoms in total. The largest absolute Gasteiger partial charge is 0.507 e. The number of esters is 1. The van der Waals surface area contributed by atoms with Gasteiger partial charge in [0.05, 0.1) is 24.3 Å². The van der Waals surface area contributed by atoms with E-state index in [0.29, 0.717) is 33.2 Å². The number of amides is 1. The van der Waals surface area contributed by atoms with Crippen LogP contribution in [0.5, 0.6) is 5.75 Å². The van der Waals surface area contributed by atoms with E-state index in [-0.39, 0.29) is 24.5 Å². The Kier molecular flexibility index (Phi) is 8.78. The zero-order valence-electron chi connectivity index (χ0n) is 20.2. The van der Waals surface area contributed by atoms with Crippen LogP contribution in [0, 0.1) is 6.92 Å². The standard InChI is InChI=1S/C27H30N2O6/c1-4-5-6-7-19-14-22(30)25-17(2)21(27(33)35-23(25)15-19)12-13-24(31)29-28-16-18-8-10-20(11-9-18)26(32)34-3/h8-11,14-16,30H,4-7,12-13H2,1-3H3,(H,29,31)/b28-16+. The number of nitrogens with one attached hydrogen (secondary N) is 1. The van der Waals surface area contributed by atoms with Crippen molar-refractivity contribution in [1.82, 2.24) is 5.43 Å². The number of carbonyl (C=O) groups excluding carboxylic acids is 2. The van der Waals surface area contributed by atoms with Crippen LogP contribution in [0.1, 0.15) is 65.2 Å². The molecule has 3 aromatic rings. The number of phenolic OH excluding ortho intramolecular Hbond substituents is 1. The molecule has 1 aromatic heterocycles. The lowest BCUT2D eigenvalue weighted by Gasteiger charge is -2.11. The Morgan fingerprint density at radius 2 is 1.89 bits per heavy atom. The van der Waals surface area contributed by atoms with Crippen LogP contribution in [-0.2, 0) is 22.4 Å². The molecule has 1 amide bonds. The van der Waals surface area contributed by atoms with E-state index >= 15 is 0 Å². The van der Waals surface area contributed by atoms with Crippen molar-refractivity contribution in [2.75, 3.05) is 7.11 Å². The van der Waals surface area contributed by atoms with E-state index in [9.17, 15) is 19.5 Å². The number of hydrazone groups is 1. The number of unbranched alkanes of at least 4 members (excludes halogenated alkanes) is 2. The molecule has 0 aliphatic heterocycles. The van der Waals surface area contributed by atoms with Gasteiger partial charge >= 0.3 is 11.6 Å². The number of benzene rings is 2. The maximum atomic E-state index is 12.6. The second-order valence-electron chi connectivity index (χ2n) is 8.35. The zero-order valence-corrected chi connectivity index (χ0v) is 20.2. The van der Waals surface area contributed by atoms with Crippen molar-refractivity contribution in [2.24, 2.45) is 5.10 Å². The minimum Gasteiger partial charge on any atom is -0.507 e. The molecule has 2 aromatic carbocycles. The summed E-state index contributed by atoms with van der Waals surface area (Å²) in [5, 5.41) is 15.0. The lowest BCUT2D eigenvalue weighted by Crippen LogP contribution is -2.20. The van der Waals surface area contributed by atoms with Gasteiger partial charge in [0.15, 0.2) is 0 Å². The van der Waals surface area contributed by atoms with Crippen molar-refractivity contribution >= 4 is 29.1 Å². The fourth-order valence-corrected chi connectivity index (χ4v) is 3.89. The topological polar surface area (TPSA) is 118 Å². The van der Waals surface area contributed by atoms with Crippen molar-refractivity contribution < 1.29 is 23.8 Å². The highest BCUT2D eigenvalue weighted by molar-refractivity contribution is 5.91. The minimum atomic E-state index is -0.512. The SMILES string of the molecule is CCCCCc1cc(O)c2c(C)c(CCC(=O)N/N=C/c3ccc(C(=O)OC)cc3)c(=O)oc2c1. The second kappa shape index (κ2) is 12.0. The molecule has 2 N–H and O–H groups in total. The first-order valence-electron chi connectivity index (χ1n) is 11.6. The summed E-state index contributed by atoms with van der Waals surface area (Å²) in [6, 6.07) is 10.1. The van der Waals surface area contributed by atoms with Crippen LogP contribution in [0.3, 0.4) is 0 Å². The normalized spacial score (nSPS) is 11.2. The number of aryl methyl sites for hydroxylation is 2. The predicted molar refractivity (Wildman–Crippen MR) is 134 cm³/mol. The summed E-state index contributed by atoms with van der Waals surface area (Å²) in [4.78, 5) is 36.3. The Balaban J connectivity index is 1.64. The van der Waals surface area contributed by atoms with Gasteiger partial charge in [-0.25, -0.2) is 15.0 Å². The highest BCUT2D eigenvalue weighted by Gasteiger charge is 2.16. The average Bonchev–Trinajstić information content (AvgIpc) is 2.83. The molecule has 0 aliphatic rings. The number of ether oxygens (including phenoxy) is 1. The molecule has 0 spiro atoms. The Hall–Kier alpha value is -3.94. The van der Waals surface area contributed by atoms with E-state index in [0.717, 1.165) is 31.2 Å². The number of hydrogen-bond donors (Lipinski definition) is 2. The second-order valence-corrected chi connectivity index (χ2v) is 8.35. The van der Waals surface area contributed by atoms with Gasteiger partial charge in [0, 0.05) is 12.0 Å². The number of nitrogens with zero attached hydrogens (tertiary/aromatic N) is 1. The van der Waals surface area contributed by atoms with Gasteiger partial charge in [-0.3, -0.25) is 4.79 Å². The summed E-state index contributed by atoms with van der Waals surface area (Å²) in [6.07, 6.45) is 5.61. The van der Waals surface area contributed by atoms with Crippen molar-refractivity contribution in [3.63, 3.8) is 0 Å². The first kappa shape index (κ1) is 25.7. The molecule has 0 aliphatic carbocycles. The Bertz CT molecular complexity index is 1290. The molecule has 0 unspecified atom stereocenters. The van der Waals surface area contributed by atoms with Gasteiger partial charge in [0.2, 0.25) is 5.91 Å². The molecule has 0 fully saturated rings. The molecule has 184 valence electrons. The lowest BCUT2D eigenvalue weighted by atomic mass is 9.99. The minimum absolute atomic E-state index is 0.0194. The van der Waals surface area contributed by atoms with Crippen LogP contribution in [-0.4, -0.2) is 30.3 Å². The van der Waals surface area contributed by atoms with Gasteiger partial charge in [-0.05, 0) is 67.1 Å². The van der Waals surface area contributed by atoms with Gasteiger partial charge in [0.1, 0.15) is 11.3 Å². The zero-order chi connectivity index (χ0) is 25.4. The van der Waals surface area contributed by atoms with Gasteiger partial charge in [-0.15, -0.1) is 0 Å². The molecule has 35 heavy (non-hydrogen) atoms. The van der Waals surface area contributed by atoms with Crippen molar-refractivity contribution in [1.29, 1.82) is 0 Å². The van der Waals surface area contributed by atoms with Crippen LogP contribution in [0.4, 0.5) is 0 Å². The van der Waals surface area contributed by atoms with E-state index in [1.807, 2.05) is 6.07 Å². The van der Waals surface area contributed by atoms with E-state index in [2.05, 4.69) is 22.2 Å². The van der Waals surface area contributed by atoms with Crippen LogP contribution in [0.25, 0.3) is 11.0 Å². The van der Waals surface area contributed by atoms with Gasteiger partial charge in [0.25, 0.3) is 0 Å². The fraction of sp³-hybridized carbons (Fsp3) is 0.333. The predicted octanol–water partition coefficient (Wildman–Crippen LogP) is 4.41. The number of hydrogen-bond acceptors (Lipinski definition) is 7. The van der Waals surface area contributed by atoms with Crippen LogP contribution >= 0.6 is 0 Å². The van der Waals surface area contributed by atoms with Gasteiger partial charge in [-0.1, -0.05) is 31.9 Å². The first-order valence-corrected chi connectivity index (χ1v) is 11.6. The third-order valence-electron chi connectivity index (χ3n) is 5.82. The fourth-order valence-electron chi connectivity index (χ4n) is 3.89. The van der Waals surface area contributed by atoms with E-state index in [1.165, 1.54) is 13.3 Å². The van der Waals surface area contributed by atoms with Crippen LogP contribution in [0.15, 0.2) is 50.7 Å². The molecule has 0 radical (unpaired) electrons. The lowest BCUT2D eigenvalue weighted by molar-refractivity contribution is -0.121. The highest BCUT2D eigenvalue weighted by Crippen LogP contribution is 2.31. The maximum Gasteiger partial charge on any atom is 0.339 e. The molecule has 0 atom stereocenters. The summed E-state index contributed by atoms with van der Waals surface area (Å²) in [7, 11) is 1.31. The smallest absolute Gasteiger partial charge is 0.339 e. The Labute approximate surface area is 203 Å². The molecule has 0 saturated carbocycles. The average molecular weight is 479 g/mol. The number of fused-ring (bicyclic) bond motifs is 1. The van der Waals surface area contributed by atoms with E-state index in [4.69, 9.17) is 4.42 Å². The maximum absolute atomic E-state index is 12.6. The number of phenols is 1. The van der Waals surface area contributed by atoms with Crippen molar-refractivity contribution in [3.8, 4) is 5.75 Å². The summed E-state index contributed by atoms with van der Waals surface area (Å²) in [6.45, 7) is 3.87. The third kappa shape index (κ3) is 6.56. The monoisotopic (exact) mass is 478 g/mol. The molecule has 0 saturated heterocycles. The first-order chi connectivity index (χ1) is 16.8. The van der Waals surface area contributed by atoms with Crippen molar-refractivity contribution in [3.05, 3.63) is 74.6 Å². The van der Waals surface area contributed by atoms with E-state index in [1.54, 1.807) is 37.3 Å². The number of aromatic hydroxyl groups is 1. The van der Waals surface area contributed by atoms with Crippen molar-refractivity contribution in [2.45, 2.75) is 52.4 Å². The number of rotatable bonds is 10. The molecule has 1 heterocycles. The molecule has 8 heteroatoms. The number of methoxy groups -OCH3 is 1. The highest BCUT2D eigenvalue weighted by atomic mass is 16.5. The quantitative estimate of drug-likeness (QED) is 0.147. The number of carbonyl (C=O) groups is 2. The van der Waals surface area contributed by atoms with E-state index < -0.39 is 11.6 Å². The van der Waals surface area contributed by atoms with Gasteiger partial charge < -0.3 is 14.3 Å². The summed E-state index contributed by atoms with van der Waals surface area (Å²) < 4.78 is 10.1. The Morgan fingerprint density at radius 1 is 1.14 bits per heavy atom. The Morgan fingerprint density at radius 3 is 2.57 bits per heavy atom. The molecule has 0 bridgehead atoms. The molecular formula is C27H30N2O6. The third-order valence-corrected chi connectivity index (χ3v) is 5.82. The summed E-state index contributed by atoms with van der Waals surface area (Å²) in [5.74, 6) is -0.735. The van der Waals surface area contributed by atoms with Crippen LogP contribution < -0.4 is 11.1 Å². The molecule has 3 rings (SSSR count).